The molecular weight excluding hydrogens is 202 g/mol. The first kappa shape index (κ1) is 11.8. The third-order valence-corrected chi connectivity index (χ3v) is 3.43. The highest BCUT2D eigenvalue weighted by Gasteiger charge is 2.25. The molecule has 0 amide bonds. The van der Waals surface area contributed by atoms with Crippen LogP contribution in [0, 0.1) is 11.8 Å². The largest absolute Gasteiger partial charge is 0.480 e. The minimum atomic E-state index is -0.919. The summed E-state index contributed by atoms with van der Waals surface area (Å²) in [6.07, 6.45) is 1.14. The summed E-state index contributed by atoms with van der Waals surface area (Å²) in [5, 5.41) is 7.90. The maximum atomic E-state index is 10.6. The first-order chi connectivity index (χ1) is 6.50. The zero-order chi connectivity index (χ0) is 10.7. The van der Waals surface area contributed by atoms with E-state index in [2.05, 4.69) is 18.7 Å². The van der Waals surface area contributed by atoms with E-state index in [1.54, 1.807) is 0 Å². The molecular formula is C10H18ClNO2. The number of aliphatic carboxylic acids is 1. The molecule has 1 aliphatic heterocycles. The first-order valence-corrected chi connectivity index (χ1v) is 5.53. The Morgan fingerprint density at radius 2 is 2.21 bits per heavy atom. The van der Waals surface area contributed by atoms with Crippen LogP contribution in [-0.2, 0) is 4.79 Å². The van der Waals surface area contributed by atoms with E-state index in [4.69, 9.17) is 16.7 Å². The molecule has 1 fully saturated rings. The van der Waals surface area contributed by atoms with Crippen LogP contribution in [-0.4, -0.2) is 41.0 Å². The molecule has 82 valence electrons. The summed E-state index contributed by atoms with van der Waals surface area (Å²) in [6, 6.07) is 0. The van der Waals surface area contributed by atoms with Gasteiger partial charge in [-0.25, -0.2) is 0 Å². The molecule has 0 radical (unpaired) electrons. The van der Waals surface area contributed by atoms with Gasteiger partial charge in [-0.05, 0) is 24.8 Å². The normalized spacial score (nSPS) is 31.4. The van der Waals surface area contributed by atoms with Crippen molar-refractivity contribution in [1.82, 2.24) is 4.90 Å². The summed E-state index contributed by atoms with van der Waals surface area (Å²) < 4.78 is 0. The predicted molar refractivity (Wildman–Crippen MR) is 56.7 cm³/mol. The summed E-state index contributed by atoms with van der Waals surface area (Å²) in [4.78, 5) is 12.7. The topological polar surface area (TPSA) is 40.5 Å². The van der Waals surface area contributed by atoms with Crippen molar-refractivity contribution >= 4 is 17.6 Å². The molecule has 14 heavy (non-hydrogen) atoms. The van der Waals surface area contributed by atoms with Gasteiger partial charge in [-0.2, -0.15) is 0 Å². The van der Waals surface area contributed by atoms with Crippen molar-refractivity contribution in [3.8, 4) is 0 Å². The van der Waals surface area contributed by atoms with Crippen molar-refractivity contribution in [3.05, 3.63) is 0 Å². The van der Waals surface area contributed by atoms with Crippen molar-refractivity contribution in [2.24, 2.45) is 11.8 Å². The minimum absolute atomic E-state index is 0.466. The highest BCUT2D eigenvalue weighted by Crippen LogP contribution is 2.22. The van der Waals surface area contributed by atoms with E-state index in [9.17, 15) is 4.79 Å². The van der Waals surface area contributed by atoms with Gasteiger partial charge >= 0.3 is 5.97 Å². The zero-order valence-electron chi connectivity index (χ0n) is 8.74. The van der Waals surface area contributed by atoms with Crippen LogP contribution < -0.4 is 0 Å². The van der Waals surface area contributed by atoms with E-state index < -0.39 is 11.3 Å². The van der Waals surface area contributed by atoms with Crippen LogP contribution in [0.15, 0.2) is 0 Å². The Hall–Kier alpha value is -0.280. The molecule has 1 aliphatic rings. The van der Waals surface area contributed by atoms with Crippen LogP contribution >= 0.6 is 11.6 Å². The highest BCUT2D eigenvalue weighted by atomic mass is 35.5. The summed E-state index contributed by atoms with van der Waals surface area (Å²) in [5.74, 6) is 0.462. The molecule has 3 nitrogen and oxygen atoms in total. The minimum Gasteiger partial charge on any atom is -0.480 e. The molecule has 0 aromatic heterocycles. The average Bonchev–Trinajstić information content (AvgIpc) is 2.11. The van der Waals surface area contributed by atoms with Gasteiger partial charge in [-0.3, -0.25) is 4.79 Å². The van der Waals surface area contributed by atoms with Crippen LogP contribution in [0.25, 0.3) is 0 Å². The van der Waals surface area contributed by atoms with Gasteiger partial charge in [-0.15, -0.1) is 11.6 Å². The predicted octanol–water partition coefficient (Wildman–Crippen LogP) is 1.66. The molecule has 1 rings (SSSR count). The summed E-state index contributed by atoms with van der Waals surface area (Å²) in [7, 11) is 0. The lowest BCUT2D eigenvalue weighted by molar-refractivity contribution is -0.137. The molecule has 3 atom stereocenters. The van der Waals surface area contributed by atoms with Gasteiger partial charge in [-0.1, -0.05) is 13.8 Å². The van der Waals surface area contributed by atoms with Gasteiger partial charge in [0.05, 0.1) is 0 Å². The number of carbonyl (C=O) groups is 1. The fourth-order valence-electron chi connectivity index (χ4n) is 1.82. The van der Waals surface area contributed by atoms with Crippen LogP contribution in [0.4, 0.5) is 0 Å². The van der Waals surface area contributed by atoms with E-state index in [-0.39, 0.29) is 0 Å². The van der Waals surface area contributed by atoms with E-state index in [0.29, 0.717) is 12.5 Å². The molecule has 0 bridgehead atoms. The highest BCUT2D eigenvalue weighted by molar-refractivity contribution is 6.29. The van der Waals surface area contributed by atoms with Gasteiger partial charge in [0, 0.05) is 13.1 Å². The second kappa shape index (κ2) is 4.99. The molecule has 0 saturated carbocycles. The third-order valence-electron chi connectivity index (χ3n) is 3.10. The number of carboxylic acid groups (broad SMARTS) is 1. The Morgan fingerprint density at radius 1 is 1.57 bits per heavy atom. The van der Waals surface area contributed by atoms with E-state index >= 15 is 0 Å². The Bertz CT molecular complexity index is 210. The van der Waals surface area contributed by atoms with Gasteiger partial charge in [0.25, 0.3) is 0 Å². The smallest absolute Gasteiger partial charge is 0.322 e. The van der Waals surface area contributed by atoms with Crippen LogP contribution in [0.1, 0.15) is 20.3 Å². The fourth-order valence-corrected chi connectivity index (χ4v) is 2.02. The Labute approximate surface area is 90.0 Å². The Kier molecular flexibility index (Phi) is 4.20. The molecule has 1 heterocycles. The molecule has 0 aromatic carbocycles. The third kappa shape index (κ3) is 3.14. The van der Waals surface area contributed by atoms with Crippen molar-refractivity contribution < 1.29 is 9.90 Å². The lowest BCUT2D eigenvalue weighted by Crippen LogP contribution is -2.42. The number of carboxylic acids is 1. The SMILES string of the molecule is CC1CCN(CC(Cl)C(=O)O)CC1C. The van der Waals surface area contributed by atoms with E-state index in [0.717, 1.165) is 25.4 Å². The number of hydrogen-bond acceptors (Lipinski definition) is 2. The monoisotopic (exact) mass is 219 g/mol. The fraction of sp³-hybridized carbons (Fsp3) is 0.900. The summed E-state index contributed by atoms with van der Waals surface area (Å²) in [6.45, 7) is 6.87. The number of hydrogen-bond donors (Lipinski definition) is 1. The molecule has 0 aromatic rings. The Balaban J connectivity index is 2.36. The van der Waals surface area contributed by atoms with E-state index in [1.807, 2.05) is 0 Å². The maximum Gasteiger partial charge on any atom is 0.322 e. The van der Waals surface area contributed by atoms with Crippen molar-refractivity contribution in [3.63, 3.8) is 0 Å². The lowest BCUT2D eigenvalue weighted by Gasteiger charge is -2.35. The first-order valence-electron chi connectivity index (χ1n) is 5.10. The molecule has 1 saturated heterocycles. The number of rotatable bonds is 3. The number of nitrogens with zero attached hydrogens (tertiary/aromatic N) is 1. The summed E-state index contributed by atoms with van der Waals surface area (Å²) >= 11 is 5.69. The van der Waals surface area contributed by atoms with Crippen molar-refractivity contribution in [2.45, 2.75) is 25.6 Å². The molecule has 3 unspecified atom stereocenters. The van der Waals surface area contributed by atoms with Crippen LogP contribution in [0.5, 0.6) is 0 Å². The number of alkyl halides is 1. The molecule has 0 aliphatic carbocycles. The van der Waals surface area contributed by atoms with Gasteiger partial charge in [0.1, 0.15) is 5.38 Å². The second-order valence-electron chi connectivity index (χ2n) is 4.31. The van der Waals surface area contributed by atoms with Crippen molar-refractivity contribution in [1.29, 1.82) is 0 Å². The van der Waals surface area contributed by atoms with Crippen LogP contribution in [0.3, 0.4) is 0 Å². The van der Waals surface area contributed by atoms with E-state index in [1.165, 1.54) is 0 Å². The second-order valence-corrected chi connectivity index (χ2v) is 4.84. The van der Waals surface area contributed by atoms with Gasteiger partial charge in [0.15, 0.2) is 0 Å². The van der Waals surface area contributed by atoms with Gasteiger partial charge in [0.2, 0.25) is 0 Å². The van der Waals surface area contributed by atoms with Gasteiger partial charge < -0.3 is 10.0 Å². The standard InChI is InChI=1S/C10H18ClNO2/c1-7-3-4-12(5-8(7)2)6-9(11)10(13)14/h7-9H,3-6H2,1-2H3,(H,13,14). The Morgan fingerprint density at radius 3 is 2.71 bits per heavy atom. The maximum absolute atomic E-state index is 10.6. The number of piperidine rings is 1. The zero-order valence-corrected chi connectivity index (χ0v) is 9.50. The van der Waals surface area contributed by atoms with Crippen molar-refractivity contribution in [2.75, 3.05) is 19.6 Å². The summed E-state index contributed by atoms with van der Waals surface area (Å²) in [5.41, 5.74) is 0. The quantitative estimate of drug-likeness (QED) is 0.734. The number of halogens is 1. The van der Waals surface area contributed by atoms with Crippen LogP contribution in [0.2, 0.25) is 0 Å². The average molecular weight is 220 g/mol. The lowest BCUT2D eigenvalue weighted by atomic mass is 9.89. The molecule has 4 heteroatoms. The molecule has 0 spiro atoms. The number of likely N-dealkylation sites (tertiary alicyclic amines) is 1. The molecule has 1 N–H and O–H groups in total.